The van der Waals surface area contributed by atoms with E-state index in [0.717, 1.165) is 0 Å². The average molecular weight is 333 g/mol. The number of rotatable bonds is 3. The maximum absolute atomic E-state index is 11.9. The van der Waals surface area contributed by atoms with Crippen LogP contribution < -0.4 is 4.90 Å². The summed E-state index contributed by atoms with van der Waals surface area (Å²) < 4.78 is 22.1. The molecule has 1 saturated heterocycles. The van der Waals surface area contributed by atoms with Crippen LogP contribution in [-0.4, -0.2) is 26.6 Å². The first-order chi connectivity index (χ1) is 9.30. The van der Waals surface area contributed by atoms with E-state index < -0.39 is 9.05 Å². The first-order valence-corrected chi connectivity index (χ1v) is 8.58. The van der Waals surface area contributed by atoms with Crippen LogP contribution in [0.15, 0.2) is 18.2 Å². The molecular formula is C12H10Cl2N2O3S. The lowest BCUT2D eigenvalue weighted by Gasteiger charge is -2.18. The molecule has 0 radical (unpaired) electrons. The van der Waals surface area contributed by atoms with Crippen LogP contribution in [0.4, 0.5) is 5.69 Å². The highest BCUT2D eigenvalue weighted by Gasteiger charge is 2.34. The third-order valence-corrected chi connectivity index (χ3v) is 4.56. The molecule has 0 spiro atoms. The summed E-state index contributed by atoms with van der Waals surface area (Å²) in [6, 6.07) is 6.56. The Bertz CT molecular complexity index is 697. The van der Waals surface area contributed by atoms with Gasteiger partial charge in [0, 0.05) is 29.6 Å². The first-order valence-electron chi connectivity index (χ1n) is 5.72. The zero-order valence-corrected chi connectivity index (χ0v) is 12.5. The van der Waals surface area contributed by atoms with Gasteiger partial charge in [0.05, 0.1) is 28.1 Å². The third-order valence-electron chi connectivity index (χ3n) is 3.01. The van der Waals surface area contributed by atoms with Crippen LogP contribution >= 0.6 is 22.3 Å². The van der Waals surface area contributed by atoms with Crippen molar-refractivity contribution in [2.24, 2.45) is 5.92 Å². The van der Waals surface area contributed by atoms with Crippen molar-refractivity contribution in [2.75, 3.05) is 17.2 Å². The fourth-order valence-electron chi connectivity index (χ4n) is 2.20. The molecule has 0 saturated carbocycles. The van der Waals surface area contributed by atoms with Gasteiger partial charge in [-0.3, -0.25) is 4.79 Å². The number of nitrogens with zero attached hydrogens (tertiary/aromatic N) is 2. The molecule has 1 fully saturated rings. The smallest absolute Gasteiger partial charge is 0.232 e. The normalized spacial score (nSPS) is 19.1. The molecule has 1 amide bonds. The molecular weight excluding hydrogens is 323 g/mol. The molecule has 1 aliphatic rings. The van der Waals surface area contributed by atoms with Crippen LogP contribution in [0.2, 0.25) is 5.02 Å². The van der Waals surface area contributed by atoms with Gasteiger partial charge in [0.15, 0.2) is 0 Å². The van der Waals surface area contributed by atoms with Crippen LogP contribution in [0.3, 0.4) is 0 Å². The van der Waals surface area contributed by atoms with E-state index in [-0.39, 0.29) is 35.6 Å². The Kier molecular flexibility index (Phi) is 4.23. The van der Waals surface area contributed by atoms with Crippen molar-refractivity contribution in [3.8, 4) is 6.07 Å². The predicted molar refractivity (Wildman–Crippen MR) is 76.3 cm³/mol. The predicted octanol–water partition coefficient (Wildman–Crippen LogP) is 2.13. The fraction of sp³-hybridized carbons (Fsp3) is 0.333. The molecule has 1 atom stereocenters. The number of hydrogen-bond donors (Lipinski definition) is 0. The van der Waals surface area contributed by atoms with E-state index >= 15 is 0 Å². The summed E-state index contributed by atoms with van der Waals surface area (Å²) in [4.78, 5) is 13.4. The largest absolute Gasteiger partial charge is 0.311 e. The Morgan fingerprint density at radius 3 is 2.70 bits per heavy atom. The number of halogens is 2. The highest BCUT2D eigenvalue weighted by molar-refractivity contribution is 8.13. The lowest BCUT2D eigenvalue weighted by atomic mass is 10.1. The van der Waals surface area contributed by atoms with Crippen LogP contribution in [0, 0.1) is 17.2 Å². The molecule has 106 valence electrons. The van der Waals surface area contributed by atoms with Crippen molar-refractivity contribution in [2.45, 2.75) is 6.42 Å². The van der Waals surface area contributed by atoms with E-state index in [4.69, 9.17) is 27.5 Å². The minimum Gasteiger partial charge on any atom is -0.311 e. The summed E-state index contributed by atoms with van der Waals surface area (Å²) in [5.41, 5.74) is 0.871. The summed E-state index contributed by atoms with van der Waals surface area (Å²) in [5, 5.41) is 9.05. The first kappa shape index (κ1) is 15.1. The van der Waals surface area contributed by atoms with Gasteiger partial charge < -0.3 is 4.90 Å². The molecule has 0 bridgehead atoms. The number of anilines is 1. The monoisotopic (exact) mass is 332 g/mol. The van der Waals surface area contributed by atoms with Crippen molar-refractivity contribution >= 4 is 42.9 Å². The van der Waals surface area contributed by atoms with E-state index in [9.17, 15) is 13.2 Å². The van der Waals surface area contributed by atoms with Crippen molar-refractivity contribution in [1.82, 2.24) is 0 Å². The Balaban J connectivity index is 2.22. The number of hydrogen-bond acceptors (Lipinski definition) is 4. The van der Waals surface area contributed by atoms with Gasteiger partial charge in [0.2, 0.25) is 15.0 Å². The third kappa shape index (κ3) is 3.42. The lowest BCUT2D eigenvalue weighted by molar-refractivity contribution is -0.117. The second-order valence-corrected chi connectivity index (χ2v) is 7.79. The van der Waals surface area contributed by atoms with Crippen LogP contribution in [0.25, 0.3) is 0 Å². The summed E-state index contributed by atoms with van der Waals surface area (Å²) in [6.07, 6.45) is 0.113. The summed E-state index contributed by atoms with van der Waals surface area (Å²) in [7, 11) is 1.57. The number of amides is 1. The van der Waals surface area contributed by atoms with Crippen molar-refractivity contribution in [3.63, 3.8) is 0 Å². The zero-order chi connectivity index (χ0) is 14.9. The van der Waals surface area contributed by atoms with Crippen molar-refractivity contribution < 1.29 is 13.2 Å². The Hall–Kier alpha value is -1.29. The van der Waals surface area contributed by atoms with Gasteiger partial charge in [-0.1, -0.05) is 11.6 Å². The van der Waals surface area contributed by atoms with Gasteiger partial charge in [-0.15, -0.1) is 0 Å². The topological polar surface area (TPSA) is 78.2 Å². The molecule has 2 rings (SSSR count). The number of carbonyl (C=O) groups is 1. The van der Waals surface area contributed by atoms with Crippen molar-refractivity contribution in [3.05, 3.63) is 28.8 Å². The maximum atomic E-state index is 11.9. The minimum absolute atomic E-state index is 0.113. The van der Waals surface area contributed by atoms with Gasteiger partial charge in [-0.25, -0.2) is 8.42 Å². The lowest BCUT2D eigenvalue weighted by Crippen LogP contribution is -2.25. The van der Waals surface area contributed by atoms with E-state index in [1.54, 1.807) is 12.1 Å². The summed E-state index contributed by atoms with van der Waals surface area (Å²) in [5.74, 6) is -0.802. The SMILES string of the molecule is N#Cc1ccc(N2CC(CS(=O)(=O)Cl)CC2=O)c(Cl)c1. The Morgan fingerprint density at radius 2 is 2.15 bits per heavy atom. The molecule has 1 aromatic carbocycles. The number of carbonyl (C=O) groups excluding carboxylic acids is 1. The molecule has 1 unspecified atom stereocenters. The van der Waals surface area contributed by atoms with Crippen molar-refractivity contribution in [1.29, 1.82) is 5.26 Å². The van der Waals surface area contributed by atoms with Gasteiger partial charge in [-0.05, 0) is 18.2 Å². The zero-order valence-electron chi connectivity index (χ0n) is 10.2. The Morgan fingerprint density at radius 1 is 1.45 bits per heavy atom. The van der Waals surface area contributed by atoms with E-state index in [1.165, 1.54) is 11.0 Å². The van der Waals surface area contributed by atoms with Gasteiger partial charge >= 0.3 is 0 Å². The highest BCUT2D eigenvalue weighted by atomic mass is 35.7. The van der Waals surface area contributed by atoms with Crippen LogP contribution in [0.1, 0.15) is 12.0 Å². The molecule has 20 heavy (non-hydrogen) atoms. The average Bonchev–Trinajstić information content (AvgIpc) is 2.67. The Labute approximate surface area is 126 Å². The molecule has 1 aromatic rings. The molecule has 0 aliphatic carbocycles. The molecule has 1 heterocycles. The van der Waals surface area contributed by atoms with Gasteiger partial charge in [0.25, 0.3) is 0 Å². The molecule has 0 N–H and O–H groups in total. The van der Waals surface area contributed by atoms with Crippen LogP contribution in [-0.2, 0) is 13.8 Å². The second-order valence-electron chi connectivity index (χ2n) is 4.56. The summed E-state index contributed by atoms with van der Waals surface area (Å²) >= 11 is 6.05. The molecule has 1 aliphatic heterocycles. The highest BCUT2D eigenvalue weighted by Crippen LogP contribution is 2.32. The summed E-state index contributed by atoms with van der Waals surface area (Å²) in [6.45, 7) is 0.246. The van der Waals surface area contributed by atoms with Gasteiger partial charge in [0.1, 0.15) is 0 Å². The fourth-order valence-corrected chi connectivity index (χ4v) is 3.81. The molecule has 0 aromatic heterocycles. The molecule has 5 nitrogen and oxygen atoms in total. The van der Waals surface area contributed by atoms with E-state index in [2.05, 4.69) is 0 Å². The van der Waals surface area contributed by atoms with Crippen LogP contribution in [0.5, 0.6) is 0 Å². The molecule has 8 heteroatoms. The number of nitriles is 1. The van der Waals surface area contributed by atoms with E-state index in [0.29, 0.717) is 11.3 Å². The standard InChI is InChI=1S/C12H10Cl2N2O3S/c13-10-3-8(5-15)1-2-11(10)16-6-9(4-12(16)17)7-20(14,18)19/h1-3,9H,4,6-7H2. The van der Waals surface area contributed by atoms with Gasteiger partial charge in [-0.2, -0.15) is 5.26 Å². The van der Waals surface area contributed by atoms with E-state index in [1.807, 2.05) is 6.07 Å². The second kappa shape index (κ2) is 5.60. The quantitative estimate of drug-likeness (QED) is 0.794. The number of benzene rings is 1. The maximum Gasteiger partial charge on any atom is 0.232 e. The minimum atomic E-state index is -3.64.